The molecular formula is C19H13ClF3N5OS. The molecule has 0 unspecified atom stereocenters. The van der Waals surface area contributed by atoms with E-state index >= 15 is 0 Å². The third kappa shape index (κ3) is 4.05. The van der Waals surface area contributed by atoms with Crippen LogP contribution in [0.15, 0.2) is 58.7 Å². The lowest BCUT2D eigenvalue weighted by atomic mass is 10.2. The SMILES string of the molecule is CN1N=C(N(Cc2ccccc2)C(=O)C(F)(F)F)Sc2nc3cc(Cl)ccc3nc21. The number of thioether (sulfide) groups is 1. The fourth-order valence-corrected chi connectivity index (χ4v) is 3.99. The van der Waals surface area contributed by atoms with Crippen molar-refractivity contribution >= 4 is 51.3 Å². The van der Waals surface area contributed by atoms with Crippen LogP contribution in [-0.4, -0.2) is 39.2 Å². The molecule has 0 aliphatic carbocycles. The summed E-state index contributed by atoms with van der Waals surface area (Å²) in [7, 11) is 1.54. The number of nitrogens with zero attached hydrogens (tertiary/aromatic N) is 5. The molecule has 0 bridgehead atoms. The normalized spacial score (nSPS) is 13.8. The third-order valence-corrected chi connectivity index (χ3v) is 5.40. The second kappa shape index (κ2) is 7.77. The van der Waals surface area contributed by atoms with Crippen LogP contribution < -0.4 is 5.01 Å². The molecule has 0 fully saturated rings. The summed E-state index contributed by atoms with van der Waals surface area (Å²) in [5, 5.41) is 6.11. The minimum Gasteiger partial charge on any atom is -0.277 e. The topological polar surface area (TPSA) is 61.7 Å². The van der Waals surface area contributed by atoms with Crippen LogP contribution in [-0.2, 0) is 11.3 Å². The molecule has 4 rings (SSSR count). The van der Waals surface area contributed by atoms with Crippen molar-refractivity contribution in [2.24, 2.45) is 5.10 Å². The van der Waals surface area contributed by atoms with Crippen LogP contribution in [0.5, 0.6) is 0 Å². The van der Waals surface area contributed by atoms with Crippen molar-refractivity contribution in [3.63, 3.8) is 0 Å². The van der Waals surface area contributed by atoms with Gasteiger partial charge in [0.2, 0.25) is 0 Å². The summed E-state index contributed by atoms with van der Waals surface area (Å²) < 4.78 is 39.9. The molecule has 154 valence electrons. The van der Waals surface area contributed by atoms with Gasteiger partial charge >= 0.3 is 12.1 Å². The number of rotatable bonds is 2. The molecule has 6 nitrogen and oxygen atoms in total. The van der Waals surface area contributed by atoms with E-state index in [0.29, 0.717) is 37.4 Å². The summed E-state index contributed by atoms with van der Waals surface area (Å²) in [6, 6.07) is 13.3. The Morgan fingerprint density at radius 2 is 1.87 bits per heavy atom. The van der Waals surface area contributed by atoms with E-state index in [1.54, 1.807) is 48.5 Å². The number of anilines is 1. The number of amides is 1. The molecule has 11 heteroatoms. The summed E-state index contributed by atoms with van der Waals surface area (Å²) in [5.74, 6) is -1.64. The van der Waals surface area contributed by atoms with Gasteiger partial charge in [0, 0.05) is 12.1 Å². The number of alkyl halides is 3. The second-order valence-corrected chi connectivity index (χ2v) is 7.76. The Hall–Kier alpha value is -2.85. The quantitative estimate of drug-likeness (QED) is 0.566. The van der Waals surface area contributed by atoms with E-state index in [-0.39, 0.29) is 11.7 Å². The smallest absolute Gasteiger partial charge is 0.277 e. The summed E-state index contributed by atoms with van der Waals surface area (Å²) in [6.45, 7) is -0.291. The van der Waals surface area contributed by atoms with Crippen molar-refractivity contribution in [1.29, 1.82) is 0 Å². The highest BCUT2D eigenvalue weighted by Crippen LogP contribution is 2.36. The van der Waals surface area contributed by atoms with Crippen molar-refractivity contribution in [1.82, 2.24) is 14.9 Å². The van der Waals surface area contributed by atoms with Crippen LogP contribution in [0.1, 0.15) is 5.56 Å². The first-order valence-corrected chi connectivity index (χ1v) is 9.82. The minimum atomic E-state index is -5.06. The van der Waals surface area contributed by atoms with Crippen molar-refractivity contribution < 1.29 is 18.0 Å². The molecule has 3 aromatic rings. The van der Waals surface area contributed by atoms with E-state index in [9.17, 15) is 18.0 Å². The monoisotopic (exact) mass is 451 g/mol. The van der Waals surface area contributed by atoms with Crippen LogP contribution in [0.25, 0.3) is 11.0 Å². The first-order valence-electron chi connectivity index (χ1n) is 8.62. The van der Waals surface area contributed by atoms with Gasteiger partial charge in [0.1, 0.15) is 5.03 Å². The fourth-order valence-electron chi connectivity index (χ4n) is 2.82. The molecule has 0 N–H and O–H groups in total. The number of carbonyl (C=O) groups excluding carboxylic acids is 1. The van der Waals surface area contributed by atoms with Gasteiger partial charge in [-0.25, -0.2) is 15.0 Å². The molecule has 1 amide bonds. The Labute approximate surface area is 178 Å². The largest absolute Gasteiger partial charge is 0.471 e. The number of fused-ring (bicyclic) bond motifs is 2. The van der Waals surface area contributed by atoms with Crippen molar-refractivity contribution in [2.75, 3.05) is 12.1 Å². The minimum absolute atomic E-state index is 0.146. The molecule has 0 saturated carbocycles. The standard InChI is InChI=1S/C19H13ClF3N5OS/c1-27-15-16(25-14-9-12(20)7-8-13(14)24-15)30-18(26-27)28(17(29)19(21,22)23)10-11-5-3-2-4-6-11/h2-9H,10H2,1H3. The fraction of sp³-hybridized carbons (Fsp3) is 0.158. The van der Waals surface area contributed by atoms with Crippen molar-refractivity contribution in [3.05, 3.63) is 59.1 Å². The highest BCUT2D eigenvalue weighted by Gasteiger charge is 2.45. The Morgan fingerprint density at radius 1 is 1.13 bits per heavy atom. The zero-order chi connectivity index (χ0) is 21.5. The third-order valence-electron chi connectivity index (χ3n) is 4.21. The number of hydrogen-bond donors (Lipinski definition) is 0. The van der Waals surface area contributed by atoms with Gasteiger partial charge in [0.25, 0.3) is 0 Å². The molecule has 30 heavy (non-hydrogen) atoms. The number of halogens is 4. The molecule has 0 spiro atoms. The number of aromatic nitrogens is 2. The summed E-state index contributed by atoms with van der Waals surface area (Å²) in [6.07, 6.45) is -5.06. The summed E-state index contributed by atoms with van der Waals surface area (Å²) >= 11 is 6.86. The molecule has 1 aliphatic heterocycles. The molecule has 0 atom stereocenters. The average molecular weight is 452 g/mol. The van der Waals surface area contributed by atoms with Crippen molar-refractivity contribution in [3.8, 4) is 0 Å². The highest BCUT2D eigenvalue weighted by molar-refractivity contribution is 8.14. The number of hydrazone groups is 1. The van der Waals surface area contributed by atoms with Gasteiger partial charge in [-0.1, -0.05) is 41.9 Å². The maximum atomic E-state index is 13.3. The van der Waals surface area contributed by atoms with Crippen molar-refractivity contribution in [2.45, 2.75) is 17.7 Å². The van der Waals surface area contributed by atoms with Gasteiger partial charge < -0.3 is 0 Å². The van der Waals surface area contributed by atoms with Crippen LogP contribution in [0, 0.1) is 0 Å². The van der Waals surface area contributed by atoms with Gasteiger partial charge in [0.05, 0.1) is 17.6 Å². The number of amidine groups is 1. The highest BCUT2D eigenvalue weighted by atomic mass is 35.5. The molecule has 0 radical (unpaired) electrons. The number of hydrogen-bond acceptors (Lipinski definition) is 6. The van der Waals surface area contributed by atoms with Crippen LogP contribution in [0.3, 0.4) is 0 Å². The van der Waals surface area contributed by atoms with Crippen LogP contribution in [0.4, 0.5) is 19.0 Å². The lowest BCUT2D eigenvalue weighted by molar-refractivity contribution is -0.181. The summed E-state index contributed by atoms with van der Waals surface area (Å²) in [4.78, 5) is 21.7. The lowest BCUT2D eigenvalue weighted by Gasteiger charge is -2.29. The number of benzene rings is 2. The predicted octanol–water partition coefficient (Wildman–Crippen LogP) is 4.69. The predicted molar refractivity (Wildman–Crippen MR) is 109 cm³/mol. The van der Waals surface area contributed by atoms with Crippen LogP contribution in [0.2, 0.25) is 5.02 Å². The van der Waals surface area contributed by atoms with E-state index in [1.165, 1.54) is 12.1 Å². The molecule has 1 aliphatic rings. The van der Waals surface area contributed by atoms with Gasteiger partial charge in [-0.15, -0.1) is 5.10 Å². The molecule has 1 aromatic heterocycles. The summed E-state index contributed by atoms with van der Waals surface area (Å²) in [5.41, 5.74) is 1.58. The maximum absolute atomic E-state index is 13.3. The average Bonchev–Trinajstić information content (AvgIpc) is 2.70. The van der Waals surface area contributed by atoms with Gasteiger partial charge in [-0.2, -0.15) is 13.2 Å². The first-order chi connectivity index (χ1) is 14.2. The van der Waals surface area contributed by atoms with E-state index in [2.05, 4.69) is 15.1 Å². The Morgan fingerprint density at radius 3 is 2.57 bits per heavy atom. The van der Waals surface area contributed by atoms with E-state index in [1.807, 2.05) is 0 Å². The lowest BCUT2D eigenvalue weighted by Crippen LogP contribution is -2.44. The zero-order valence-electron chi connectivity index (χ0n) is 15.4. The van der Waals surface area contributed by atoms with Gasteiger partial charge in [-0.05, 0) is 35.5 Å². The Balaban J connectivity index is 1.74. The maximum Gasteiger partial charge on any atom is 0.471 e. The Kier molecular flexibility index (Phi) is 5.29. The molecule has 2 aromatic carbocycles. The number of carbonyl (C=O) groups is 1. The van der Waals surface area contributed by atoms with Gasteiger partial charge in [-0.3, -0.25) is 9.69 Å². The second-order valence-electron chi connectivity index (χ2n) is 6.37. The molecular weight excluding hydrogens is 439 g/mol. The molecule has 0 saturated heterocycles. The molecule has 2 heterocycles. The first kappa shape index (κ1) is 20.4. The van der Waals surface area contributed by atoms with E-state index in [0.717, 1.165) is 11.8 Å². The van der Waals surface area contributed by atoms with E-state index in [4.69, 9.17) is 11.6 Å². The zero-order valence-corrected chi connectivity index (χ0v) is 17.0. The van der Waals surface area contributed by atoms with Gasteiger partial charge in [0.15, 0.2) is 11.0 Å². The van der Waals surface area contributed by atoms with E-state index < -0.39 is 12.1 Å². The Bertz CT molecular complexity index is 1160. The van der Waals surface area contributed by atoms with Crippen LogP contribution >= 0.6 is 23.4 Å².